The van der Waals surface area contributed by atoms with Gasteiger partial charge in [0.25, 0.3) is 5.91 Å². The number of ether oxygens (including phenoxy) is 2. The first-order chi connectivity index (χ1) is 13.0. The van der Waals surface area contributed by atoms with Gasteiger partial charge in [-0.3, -0.25) is 4.79 Å². The van der Waals surface area contributed by atoms with Gasteiger partial charge in [0.15, 0.2) is 0 Å². The standard InChI is InChI=1S/C19H22N4O4/c1-12-21-16(10-17(22-12)20-11-15-4-3-9-27-15)18(24)23-14-7-5-13(6-8-14)19(25)26-2/h5-8,10,15H,3-4,9,11H2,1-2H3,(H,23,24)(H,20,21,22). The molecule has 3 rings (SSSR count). The lowest BCUT2D eigenvalue weighted by molar-refractivity contribution is 0.0600. The van der Waals surface area contributed by atoms with Crippen LogP contribution in [-0.4, -0.2) is 48.2 Å². The number of carbonyl (C=O) groups excluding carboxylic acids is 2. The molecule has 1 unspecified atom stereocenters. The minimum Gasteiger partial charge on any atom is -0.465 e. The van der Waals surface area contributed by atoms with E-state index in [1.54, 1.807) is 37.3 Å². The summed E-state index contributed by atoms with van der Waals surface area (Å²) in [6, 6.07) is 8.05. The Bertz CT molecular complexity index is 817. The fourth-order valence-corrected chi connectivity index (χ4v) is 2.80. The van der Waals surface area contributed by atoms with E-state index in [4.69, 9.17) is 4.74 Å². The quantitative estimate of drug-likeness (QED) is 0.753. The number of esters is 1. The van der Waals surface area contributed by atoms with Gasteiger partial charge in [-0.15, -0.1) is 0 Å². The summed E-state index contributed by atoms with van der Waals surface area (Å²) in [6.45, 7) is 3.17. The molecule has 0 aliphatic carbocycles. The molecule has 142 valence electrons. The van der Waals surface area contributed by atoms with Crippen LogP contribution in [0.15, 0.2) is 30.3 Å². The third-order valence-electron chi connectivity index (χ3n) is 4.17. The number of anilines is 2. The number of nitrogens with zero attached hydrogens (tertiary/aromatic N) is 2. The smallest absolute Gasteiger partial charge is 0.337 e. The summed E-state index contributed by atoms with van der Waals surface area (Å²) in [5.74, 6) is 0.301. The van der Waals surface area contributed by atoms with Crippen molar-refractivity contribution < 1.29 is 19.1 Å². The average Bonchev–Trinajstić information content (AvgIpc) is 3.19. The number of carbonyl (C=O) groups is 2. The van der Waals surface area contributed by atoms with Crippen molar-refractivity contribution in [3.63, 3.8) is 0 Å². The lowest BCUT2D eigenvalue weighted by Gasteiger charge is -2.12. The second-order valence-corrected chi connectivity index (χ2v) is 6.22. The topological polar surface area (TPSA) is 102 Å². The molecule has 1 atom stereocenters. The van der Waals surface area contributed by atoms with Gasteiger partial charge in [-0.25, -0.2) is 14.8 Å². The molecule has 2 N–H and O–H groups in total. The van der Waals surface area contributed by atoms with Gasteiger partial charge >= 0.3 is 5.97 Å². The van der Waals surface area contributed by atoms with Crippen molar-refractivity contribution in [1.82, 2.24) is 9.97 Å². The molecule has 1 fully saturated rings. The molecule has 8 heteroatoms. The van der Waals surface area contributed by atoms with E-state index in [1.807, 2.05) is 0 Å². The van der Waals surface area contributed by atoms with Crippen LogP contribution < -0.4 is 10.6 Å². The minimum absolute atomic E-state index is 0.172. The number of benzene rings is 1. The molecule has 2 aromatic rings. The summed E-state index contributed by atoms with van der Waals surface area (Å²) in [7, 11) is 1.32. The Balaban J connectivity index is 1.65. The van der Waals surface area contributed by atoms with Crippen molar-refractivity contribution in [2.75, 3.05) is 30.9 Å². The molecule has 0 bridgehead atoms. The van der Waals surface area contributed by atoms with Crippen molar-refractivity contribution in [2.24, 2.45) is 0 Å². The van der Waals surface area contributed by atoms with Gasteiger partial charge in [0, 0.05) is 24.9 Å². The molecule has 0 saturated carbocycles. The van der Waals surface area contributed by atoms with Crippen LogP contribution in [0.25, 0.3) is 0 Å². The van der Waals surface area contributed by atoms with Gasteiger partial charge in [0.1, 0.15) is 17.3 Å². The number of aromatic nitrogens is 2. The van der Waals surface area contributed by atoms with Crippen LogP contribution in [0.5, 0.6) is 0 Å². The van der Waals surface area contributed by atoms with E-state index >= 15 is 0 Å². The summed E-state index contributed by atoms with van der Waals surface area (Å²) in [5.41, 5.74) is 1.22. The lowest BCUT2D eigenvalue weighted by Crippen LogP contribution is -2.20. The summed E-state index contributed by atoms with van der Waals surface area (Å²) in [4.78, 5) is 32.5. The second-order valence-electron chi connectivity index (χ2n) is 6.22. The Kier molecular flexibility index (Phi) is 5.97. The maximum absolute atomic E-state index is 12.5. The first-order valence-electron chi connectivity index (χ1n) is 8.76. The lowest BCUT2D eigenvalue weighted by atomic mass is 10.2. The summed E-state index contributed by atoms with van der Waals surface area (Å²) >= 11 is 0. The number of amides is 1. The molecule has 1 aliphatic rings. The first kappa shape index (κ1) is 18.8. The van der Waals surface area contributed by atoms with Crippen LogP contribution in [-0.2, 0) is 9.47 Å². The monoisotopic (exact) mass is 370 g/mol. The van der Waals surface area contributed by atoms with E-state index in [9.17, 15) is 9.59 Å². The van der Waals surface area contributed by atoms with Gasteiger partial charge in [0.2, 0.25) is 0 Å². The molecule has 8 nitrogen and oxygen atoms in total. The van der Waals surface area contributed by atoms with E-state index in [0.717, 1.165) is 19.4 Å². The van der Waals surface area contributed by atoms with Crippen molar-refractivity contribution in [3.8, 4) is 0 Å². The maximum Gasteiger partial charge on any atom is 0.337 e. The van der Waals surface area contributed by atoms with Crippen LogP contribution in [0, 0.1) is 6.92 Å². The number of hydrogen-bond acceptors (Lipinski definition) is 7. The summed E-state index contributed by atoms with van der Waals surface area (Å²) in [5, 5.41) is 5.97. The van der Waals surface area contributed by atoms with Crippen molar-refractivity contribution in [3.05, 3.63) is 47.4 Å². The molecule has 1 amide bonds. The van der Waals surface area contributed by atoms with Gasteiger partial charge in [0.05, 0.1) is 18.8 Å². The molecule has 1 aliphatic heterocycles. The second kappa shape index (κ2) is 8.59. The van der Waals surface area contributed by atoms with E-state index in [-0.39, 0.29) is 17.7 Å². The maximum atomic E-state index is 12.5. The number of hydrogen-bond donors (Lipinski definition) is 2. The summed E-state index contributed by atoms with van der Waals surface area (Å²) in [6.07, 6.45) is 2.26. The fraction of sp³-hybridized carbons (Fsp3) is 0.368. The Morgan fingerprint density at radius 3 is 2.70 bits per heavy atom. The summed E-state index contributed by atoms with van der Waals surface area (Å²) < 4.78 is 10.2. The van der Waals surface area contributed by atoms with Crippen LogP contribution in [0.2, 0.25) is 0 Å². The first-order valence-corrected chi connectivity index (χ1v) is 8.76. The minimum atomic E-state index is -0.429. The third-order valence-corrected chi connectivity index (χ3v) is 4.17. The van der Waals surface area contributed by atoms with E-state index in [0.29, 0.717) is 29.4 Å². The molecule has 1 saturated heterocycles. The molecule has 1 aromatic heterocycles. The Labute approximate surface area is 157 Å². The normalized spacial score (nSPS) is 16.0. The third kappa shape index (κ3) is 5.01. The predicted molar refractivity (Wildman–Crippen MR) is 100.0 cm³/mol. The van der Waals surface area contributed by atoms with E-state index < -0.39 is 5.97 Å². The molecule has 27 heavy (non-hydrogen) atoms. The fourth-order valence-electron chi connectivity index (χ4n) is 2.80. The van der Waals surface area contributed by atoms with Gasteiger partial charge < -0.3 is 20.1 Å². The molecular formula is C19H22N4O4. The van der Waals surface area contributed by atoms with Crippen LogP contribution in [0.4, 0.5) is 11.5 Å². The molecule has 1 aromatic carbocycles. The zero-order chi connectivity index (χ0) is 19.2. The molecule has 0 spiro atoms. The van der Waals surface area contributed by atoms with E-state index in [1.165, 1.54) is 7.11 Å². The number of methoxy groups -OCH3 is 1. The van der Waals surface area contributed by atoms with Crippen LogP contribution >= 0.6 is 0 Å². The predicted octanol–water partition coefficient (Wildman–Crippen LogP) is 2.41. The largest absolute Gasteiger partial charge is 0.465 e. The van der Waals surface area contributed by atoms with Crippen molar-refractivity contribution >= 4 is 23.4 Å². The number of aryl methyl sites for hydroxylation is 1. The van der Waals surface area contributed by atoms with E-state index in [2.05, 4.69) is 25.3 Å². The zero-order valence-corrected chi connectivity index (χ0v) is 15.3. The van der Waals surface area contributed by atoms with Gasteiger partial charge in [-0.05, 0) is 44.0 Å². The molecule has 2 heterocycles. The Morgan fingerprint density at radius 2 is 2.04 bits per heavy atom. The Morgan fingerprint density at radius 1 is 1.26 bits per heavy atom. The highest BCUT2D eigenvalue weighted by atomic mass is 16.5. The van der Waals surface area contributed by atoms with Gasteiger partial charge in [-0.1, -0.05) is 0 Å². The highest BCUT2D eigenvalue weighted by molar-refractivity contribution is 6.03. The van der Waals surface area contributed by atoms with Crippen LogP contribution in [0.1, 0.15) is 39.5 Å². The van der Waals surface area contributed by atoms with Crippen molar-refractivity contribution in [1.29, 1.82) is 0 Å². The SMILES string of the molecule is COC(=O)c1ccc(NC(=O)c2cc(NCC3CCCO3)nc(C)n2)cc1. The molecular weight excluding hydrogens is 348 g/mol. The molecule has 0 radical (unpaired) electrons. The zero-order valence-electron chi connectivity index (χ0n) is 15.3. The van der Waals surface area contributed by atoms with Gasteiger partial charge in [-0.2, -0.15) is 0 Å². The Hall–Kier alpha value is -3.00. The number of rotatable bonds is 6. The highest BCUT2D eigenvalue weighted by Crippen LogP contribution is 2.15. The van der Waals surface area contributed by atoms with Crippen molar-refractivity contribution in [2.45, 2.75) is 25.9 Å². The van der Waals surface area contributed by atoms with Crippen LogP contribution in [0.3, 0.4) is 0 Å². The highest BCUT2D eigenvalue weighted by Gasteiger charge is 2.16. The average molecular weight is 370 g/mol. The number of nitrogens with one attached hydrogen (secondary N) is 2.